The van der Waals surface area contributed by atoms with Crippen LogP contribution in [0.5, 0.6) is 5.75 Å². The minimum absolute atomic E-state index is 0.0490. The predicted octanol–water partition coefficient (Wildman–Crippen LogP) is 4.81. The SMILES string of the molecule is CSCc1ccc(C(=O)Nc2cc(C(C)(C)C)ccc2O)cc1. The number of phenols is 1. The molecule has 23 heavy (non-hydrogen) atoms. The molecule has 0 bridgehead atoms. The van der Waals surface area contributed by atoms with Crippen LogP contribution in [0.3, 0.4) is 0 Å². The molecule has 0 aliphatic carbocycles. The molecular formula is C19H23NO2S. The van der Waals surface area contributed by atoms with E-state index in [2.05, 4.69) is 26.1 Å². The van der Waals surface area contributed by atoms with Crippen molar-refractivity contribution >= 4 is 23.4 Å². The molecule has 0 spiro atoms. The zero-order chi connectivity index (χ0) is 17.0. The number of thioether (sulfide) groups is 1. The van der Waals surface area contributed by atoms with E-state index >= 15 is 0 Å². The topological polar surface area (TPSA) is 49.3 Å². The number of benzene rings is 2. The second kappa shape index (κ2) is 7.09. The molecule has 2 N–H and O–H groups in total. The summed E-state index contributed by atoms with van der Waals surface area (Å²) in [5.74, 6) is 0.781. The van der Waals surface area contributed by atoms with Gasteiger partial charge in [-0.2, -0.15) is 11.8 Å². The van der Waals surface area contributed by atoms with Gasteiger partial charge in [-0.05, 0) is 47.1 Å². The Morgan fingerprint density at radius 2 is 1.78 bits per heavy atom. The zero-order valence-corrected chi connectivity index (χ0v) is 14.8. The van der Waals surface area contributed by atoms with Gasteiger partial charge >= 0.3 is 0 Å². The highest BCUT2D eigenvalue weighted by Crippen LogP contribution is 2.31. The maximum Gasteiger partial charge on any atom is 0.255 e. The fourth-order valence-corrected chi connectivity index (χ4v) is 2.74. The molecule has 0 aliphatic heterocycles. The van der Waals surface area contributed by atoms with Crippen LogP contribution in [-0.2, 0) is 11.2 Å². The van der Waals surface area contributed by atoms with Gasteiger partial charge in [-0.3, -0.25) is 4.79 Å². The molecule has 4 heteroatoms. The maximum absolute atomic E-state index is 12.4. The van der Waals surface area contributed by atoms with Gasteiger partial charge in [-0.1, -0.05) is 39.0 Å². The van der Waals surface area contributed by atoms with Crippen molar-refractivity contribution < 1.29 is 9.90 Å². The van der Waals surface area contributed by atoms with Gasteiger partial charge in [-0.15, -0.1) is 0 Å². The minimum atomic E-state index is -0.220. The maximum atomic E-state index is 12.4. The number of rotatable bonds is 4. The standard InChI is InChI=1S/C19H23NO2S/c1-19(2,3)15-9-10-17(21)16(11-15)20-18(22)14-7-5-13(6-8-14)12-23-4/h5-11,21H,12H2,1-4H3,(H,20,22). The van der Waals surface area contributed by atoms with Crippen LogP contribution in [0.4, 0.5) is 5.69 Å². The lowest BCUT2D eigenvalue weighted by Crippen LogP contribution is -2.15. The molecule has 0 heterocycles. The van der Waals surface area contributed by atoms with Gasteiger partial charge in [0.2, 0.25) is 0 Å². The molecule has 0 fully saturated rings. The van der Waals surface area contributed by atoms with E-state index in [1.54, 1.807) is 17.8 Å². The number of hydrogen-bond acceptors (Lipinski definition) is 3. The molecule has 0 aromatic heterocycles. The van der Waals surface area contributed by atoms with E-state index in [-0.39, 0.29) is 17.1 Å². The first-order valence-corrected chi connectivity index (χ1v) is 8.93. The van der Waals surface area contributed by atoms with E-state index in [0.29, 0.717) is 11.3 Å². The number of nitrogens with one attached hydrogen (secondary N) is 1. The number of amides is 1. The monoisotopic (exact) mass is 329 g/mol. The number of hydrogen-bond donors (Lipinski definition) is 2. The Bertz CT molecular complexity index is 688. The quantitative estimate of drug-likeness (QED) is 0.792. The highest BCUT2D eigenvalue weighted by Gasteiger charge is 2.16. The Labute approximate surface area is 142 Å². The Morgan fingerprint density at radius 1 is 1.13 bits per heavy atom. The number of carbonyl (C=O) groups is 1. The summed E-state index contributed by atoms with van der Waals surface area (Å²) in [5, 5.41) is 12.8. The molecule has 3 nitrogen and oxygen atoms in total. The van der Waals surface area contributed by atoms with Crippen LogP contribution in [-0.4, -0.2) is 17.3 Å². The third-order valence-corrected chi connectivity index (χ3v) is 4.26. The van der Waals surface area contributed by atoms with E-state index in [9.17, 15) is 9.90 Å². The molecular weight excluding hydrogens is 306 g/mol. The molecule has 0 saturated heterocycles. The first kappa shape index (κ1) is 17.4. The van der Waals surface area contributed by atoms with Crippen LogP contribution < -0.4 is 5.32 Å². The number of carbonyl (C=O) groups excluding carboxylic acids is 1. The highest BCUT2D eigenvalue weighted by atomic mass is 32.2. The van der Waals surface area contributed by atoms with E-state index in [1.807, 2.05) is 42.7 Å². The third kappa shape index (κ3) is 4.52. The summed E-state index contributed by atoms with van der Waals surface area (Å²) in [4.78, 5) is 12.4. The number of phenolic OH excluding ortho intramolecular Hbond substituents is 1. The van der Waals surface area contributed by atoms with Crippen LogP contribution in [0.25, 0.3) is 0 Å². The van der Waals surface area contributed by atoms with Gasteiger partial charge in [0.15, 0.2) is 0 Å². The first-order chi connectivity index (χ1) is 10.8. The van der Waals surface area contributed by atoms with E-state index in [4.69, 9.17) is 0 Å². The Balaban J connectivity index is 2.19. The Morgan fingerprint density at radius 3 is 2.35 bits per heavy atom. The largest absolute Gasteiger partial charge is 0.506 e. The fourth-order valence-electron chi connectivity index (χ4n) is 2.22. The molecule has 2 rings (SSSR count). The lowest BCUT2D eigenvalue weighted by Gasteiger charge is -2.20. The predicted molar refractivity (Wildman–Crippen MR) is 98.4 cm³/mol. The molecule has 0 radical (unpaired) electrons. The molecule has 2 aromatic rings. The average Bonchev–Trinajstić information content (AvgIpc) is 2.49. The molecule has 0 atom stereocenters. The van der Waals surface area contributed by atoms with E-state index in [0.717, 1.165) is 11.3 Å². The van der Waals surface area contributed by atoms with Crippen molar-refractivity contribution in [2.75, 3.05) is 11.6 Å². The van der Waals surface area contributed by atoms with Crippen LogP contribution in [0, 0.1) is 0 Å². The summed E-state index contributed by atoms with van der Waals surface area (Å²) in [6.45, 7) is 6.28. The second-order valence-corrected chi connectivity index (χ2v) is 7.43. The van der Waals surface area contributed by atoms with Crippen molar-refractivity contribution in [3.63, 3.8) is 0 Å². The summed E-state index contributed by atoms with van der Waals surface area (Å²) in [6.07, 6.45) is 2.05. The average molecular weight is 329 g/mol. The summed E-state index contributed by atoms with van der Waals surface area (Å²) >= 11 is 1.74. The molecule has 122 valence electrons. The lowest BCUT2D eigenvalue weighted by molar-refractivity contribution is 0.102. The first-order valence-electron chi connectivity index (χ1n) is 7.54. The Kier molecular flexibility index (Phi) is 5.37. The number of anilines is 1. The van der Waals surface area contributed by atoms with Gasteiger partial charge < -0.3 is 10.4 Å². The van der Waals surface area contributed by atoms with Gasteiger partial charge in [0.25, 0.3) is 5.91 Å². The Hall–Kier alpha value is -1.94. The summed E-state index contributed by atoms with van der Waals surface area (Å²) in [7, 11) is 0. The normalized spacial score (nSPS) is 11.3. The molecule has 2 aromatic carbocycles. The van der Waals surface area contributed by atoms with Gasteiger partial charge in [-0.25, -0.2) is 0 Å². The van der Waals surface area contributed by atoms with Crippen LogP contribution in [0.2, 0.25) is 0 Å². The molecule has 1 amide bonds. The molecule has 0 aliphatic rings. The van der Waals surface area contributed by atoms with Gasteiger partial charge in [0, 0.05) is 11.3 Å². The van der Waals surface area contributed by atoms with Crippen molar-refractivity contribution in [3.05, 3.63) is 59.2 Å². The van der Waals surface area contributed by atoms with Crippen molar-refractivity contribution in [1.29, 1.82) is 0 Å². The number of aromatic hydroxyl groups is 1. The van der Waals surface area contributed by atoms with Gasteiger partial charge in [0.05, 0.1) is 5.69 Å². The van der Waals surface area contributed by atoms with Crippen LogP contribution in [0.1, 0.15) is 42.3 Å². The van der Waals surface area contributed by atoms with E-state index in [1.165, 1.54) is 5.56 Å². The van der Waals surface area contributed by atoms with Crippen LogP contribution >= 0.6 is 11.8 Å². The third-order valence-electron chi connectivity index (χ3n) is 3.64. The van der Waals surface area contributed by atoms with E-state index < -0.39 is 0 Å². The van der Waals surface area contributed by atoms with Crippen molar-refractivity contribution in [3.8, 4) is 5.75 Å². The highest BCUT2D eigenvalue weighted by molar-refractivity contribution is 7.97. The molecule has 0 saturated carbocycles. The van der Waals surface area contributed by atoms with Crippen molar-refractivity contribution in [2.45, 2.75) is 31.9 Å². The zero-order valence-electron chi connectivity index (χ0n) is 14.0. The fraction of sp³-hybridized carbons (Fsp3) is 0.316. The minimum Gasteiger partial charge on any atom is -0.506 e. The molecule has 0 unspecified atom stereocenters. The van der Waals surface area contributed by atoms with Crippen molar-refractivity contribution in [1.82, 2.24) is 0 Å². The van der Waals surface area contributed by atoms with Crippen LogP contribution in [0.15, 0.2) is 42.5 Å². The smallest absolute Gasteiger partial charge is 0.255 e. The van der Waals surface area contributed by atoms with Gasteiger partial charge in [0.1, 0.15) is 5.75 Å². The lowest BCUT2D eigenvalue weighted by atomic mass is 9.87. The summed E-state index contributed by atoms with van der Waals surface area (Å²) < 4.78 is 0. The summed E-state index contributed by atoms with van der Waals surface area (Å²) in [6, 6.07) is 12.9. The van der Waals surface area contributed by atoms with Crippen molar-refractivity contribution in [2.24, 2.45) is 0 Å². The summed E-state index contributed by atoms with van der Waals surface area (Å²) in [5.41, 5.74) is 3.21. The second-order valence-electron chi connectivity index (χ2n) is 6.57.